The van der Waals surface area contributed by atoms with E-state index in [2.05, 4.69) is 10.6 Å². The first-order chi connectivity index (χ1) is 12.0. The Morgan fingerprint density at radius 3 is 2.48 bits per heavy atom. The quantitative estimate of drug-likeness (QED) is 0.669. The average Bonchev–Trinajstić information content (AvgIpc) is 3.05. The fraction of sp³-hybridized carbons (Fsp3) is 0.588. The lowest BCUT2D eigenvalue weighted by Crippen LogP contribution is -2.44. The van der Waals surface area contributed by atoms with Gasteiger partial charge in [-0.2, -0.15) is 4.31 Å². The highest BCUT2D eigenvalue weighted by molar-refractivity contribution is 7.89. The van der Waals surface area contributed by atoms with Crippen LogP contribution >= 0.6 is 0 Å². The van der Waals surface area contributed by atoms with E-state index in [4.69, 9.17) is 0 Å². The first-order valence-electron chi connectivity index (χ1n) is 8.70. The monoisotopic (exact) mass is 367 g/mol. The number of piperidine rings is 1. The second-order valence-corrected chi connectivity index (χ2v) is 8.66. The molecule has 2 saturated heterocycles. The maximum absolute atomic E-state index is 12.6. The van der Waals surface area contributed by atoms with Gasteiger partial charge in [-0.1, -0.05) is 18.2 Å². The highest BCUT2D eigenvalue weighted by atomic mass is 32.2. The van der Waals surface area contributed by atoms with E-state index in [-0.39, 0.29) is 17.7 Å². The topological polar surface area (TPSA) is 98.7 Å². The molecule has 2 unspecified atom stereocenters. The molecule has 2 heterocycles. The average molecular weight is 367 g/mol. The SMILES string of the molecule is O=C(NCC1CNCC1O)C1CCN(S(=O)(=O)c2ccccc2)CC1. The highest BCUT2D eigenvalue weighted by Crippen LogP contribution is 2.24. The van der Waals surface area contributed by atoms with Crippen molar-refractivity contribution in [2.45, 2.75) is 23.8 Å². The molecule has 0 bridgehead atoms. The number of β-amino-alcohol motifs (C(OH)–C–C–N with tert-alkyl or cyclic N) is 1. The molecule has 0 spiro atoms. The third kappa shape index (κ3) is 4.20. The van der Waals surface area contributed by atoms with Crippen molar-refractivity contribution in [3.05, 3.63) is 30.3 Å². The van der Waals surface area contributed by atoms with Crippen LogP contribution in [0.1, 0.15) is 12.8 Å². The summed E-state index contributed by atoms with van der Waals surface area (Å²) in [6.07, 6.45) is 0.616. The maximum Gasteiger partial charge on any atom is 0.243 e. The molecule has 2 atom stereocenters. The van der Waals surface area contributed by atoms with E-state index in [1.807, 2.05) is 0 Å². The smallest absolute Gasteiger partial charge is 0.243 e. The van der Waals surface area contributed by atoms with E-state index >= 15 is 0 Å². The van der Waals surface area contributed by atoms with Crippen molar-refractivity contribution in [2.24, 2.45) is 11.8 Å². The summed E-state index contributed by atoms with van der Waals surface area (Å²) >= 11 is 0. The fourth-order valence-electron chi connectivity index (χ4n) is 3.40. The van der Waals surface area contributed by atoms with Gasteiger partial charge in [0.15, 0.2) is 0 Å². The molecule has 1 aromatic rings. The number of hydrogen-bond acceptors (Lipinski definition) is 5. The minimum Gasteiger partial charge on any atom is -0.391 e. The number of carbonyl (C=O) groups excluding carboxylic acids is 1. The van der Waals surface area contributed by atoms with Crippen LogP contribution in [0.3, 0.4) is 0 Å². The summed E-state index contributed by atoms with van der Waals surface area (Å²) in [5.74, 6) is -0.174. The zero-order valence-electron chi connectivity index (χ0n) is 14.1. The zero-order valence-corrected chi connectivity index (χ0v) is 14.9. The van der Waals surface area contributed by atoms with E-state index < -0.39 is 16.1 Å². The number of sulfonamides is 1. The Morgan fingerprint density at radius 1 is 1.20 bits per heavy atom. The Bertz CT molecular complexity index is 687. The summed E-state index contributed by atoms with van der Waals surface area (Å²) in [5, 5.41) is 15.7. The second-order valence-electron chi connectivity index (χ2n) is 6.72. The van der Waals surface area contributed by atoms with Crippen LogP contribution in [0.2, 0.25) is 0 Å². The molecule has 0 saturated carbocycles. The molecule has 3 N–H and O–H groups in total. The third-order valence-electron chi connectivity index (χ3n) is 5.05. The number of benzene rings is 1. The Balaban J connectivity index is 1.50. The number of aliphatic hydroxyl groups is 1. The standard InChI is InChI=1S/C17H25N3O4S/c21-16-12-18-10-14(16)11-19-17(22)13-6-8-20(9-7-13)25(23,24)15-4-2-1-3-5-15/h1-5,13-14,16,18,21H,6-12H2,(H,19,22). The third-order valence-corrected chi connectivity index (χ3v) is 6.96. The van der Waals surface area contributed by atoms with Gasteiger partial charge in [0.1, 0.15) is 0 Å². The molecule has 138 valence electrons. The summed E-state index contributed by atoms with van der Waals surface area (Å²) in [5.41, 5.74) is 0. The number of amides is 1. The van der Waals surface area contributed by atoms with Gasteiger partial charge in [0.2, 0.25) is 15.9 Å². The number of hydrogen-bond donors (Lipinski definition) is 3. The van der Waals surface area contributed by atoms with Gasteiger partial charge in [-0.3, -0.25) is 4.79 Å². The first-order valence-corrected chi connectivity index (χ1v) is 10.1. The number of nitrogens with one attached hydrogen (secondary N) is 2. The van der Waals surface area contributed by atoms with Crippen LogP contribution < -0.4 is 10.6 Å². The number of carbonyl (C=O) groups is 1. The van der Waals surface area contributed by atoms with E-state index in [0.29, 0.717) is 50.5 Å². The van der Waals surface area contributed by atoms with Gasteiger partial charge < -0.3 is 15.7 Å². The maximum atomic E-state index is 12.6. The molecule has 3 rings (SSSR count). The molecule has 25 heavy (non-hydrogen) atoms. The van der Waals surface area contributed by atoms with Gasteiger partial charge in [-0.15, -0.1) is 0 Å². The van der Waals surface area contributed by atoms with E-state index in [1.165, 1.54) is 4.31 Å². The summed E-state index contributed by atoms with van der Waals surface area (Å²) in [4.78, 5) is 12.6. The highest BCUT2D eigenvalue weighted by Gasteiger charge is 2.32. The van der Waals surface area contributed by atoms with Gasteiger partial charge in [-0.05, 0) is 25.0 Å². The molecular weight excluding hydrogens is 342 g/mol. The Kier molecular flexibility index (Phi) is 5.73. The van der Waals surface area contributed by atoms with Crippen LogP contribution in [0, 0.1) is 11.8 Å². The molecular formula is C17H25N3O4S. The summed E-state index contributed by atoms with van der Waals surface area (Å²) in [6.45, 7) is 2.42. The zero-order chi connectivity index (χ0) is 17.9. The normalized spacial score (nSPS) is 25.8. The number of aliphatic hydroxyl groups excluding tert-OH is 1. The molecule has 8 heteroatoms. The van der Waals surface area contributed by atoms with Gasteiger partial charge in [-0.25, -0.2) is 8.42 Å². The van der Waals surface area contributed by atoms with Gasteiger partial charge in [0.05, 0.1) is 11.0 Å². The molecule has 0 radical (unpaired) electrons. The van der Waals surface area contributed by atoms with Crippen molar-refractivity contribution >= 4 is 15.9 Å². The number of nitrogens with zero attached hydrogens (tertiary/aromatic N) is 1. The van der Waals surface area contributed by atoms with Crippen LogP contribution in [-0.4, -0.2) is 62.6 Å². The summed E-state index contributed by atoms with van der Waals surface area (Å²) in [6, 6.07) is 8.38. The van der Waals surface area contributed by atoms with Crippen molar-refractivity contribution in [1.29, 1.82) is 0 Å². The van der Waals surface area contributed by atoms with Crippen molar-refractivity contribution in [1.82, 2.24) is 14.9 Å². The molecule has 2 aliphatic heterocycles. The van der Waals surface area contributed by atoms with Gasteiger partial charge >= 0.3 is 0 Å². The minimum atomic E-state index is -3.48. The van der Waals surface area contributed by atoms with E-state index in [1.54, 1.807) is 30.3 Å². The summed E-state index contributed by atoms with van der Waals surface area (Å²) < 4.78 is 26.6. The van der Waals surface area contributed by atoms with Crippen molar-refractivity contribution in [2.75, 3.05) is 32.7 Å². The molecule has 0 aromatic heterocycles. The van der Waals surface area contributed by atoms with Crippen LogP contribution in [0.4, 0.5) is 0 Å². The van der Waals surface area contributed by atoms with Crippen molar-refractivity contribution in [3.63, 3.8) is 0 Å². The lowest BCUT2D eigenvalue weighted by molar-refractivity contribution is -0.126. The van der Waals surface area contributed by atoms with Gasteiger partial charge in [0, 0.05) is 44.6 Å². The number of rotatable bonds is 5. The molecule has 0 aliphatic carbocycles. The largest absolute Gasteiger partial charge is 0.391 e. The van der Waals surface area contributed by atoms with Crippen molar-refractivity contribution in [3.8, 4) is 0 Å². The second kappa shape index (κ2) is 7.82. The van der Waals surface area contributed by atoms with E-state index in [9.17, 15) is 18.3 Å². The Morgan fingerprint density at radius 2 is 1.88 bits per heavy atom. The van der Waals surface area contributed by atoms with Crippen LogP contribution in [0.15, 0.2) is 35.2 Å². The molecule has 1 aromatic carbocycles. The predicted molar refractivity (Wildman–Crippen MR) is 93.3 cm³/mol. The van der Waals surface area contributed by atoms with Crippen molar-refractivity contribution < 1.29 is 18.3 Å². The molecule has 7 nitrogen and oxygen atoms in total. The van der Waals surface area contributed by atoms with Gasteiger partial charge in [0.25, 0.3) is 0 Å². The predicted octanol–water partition coefficient (Wildman–Crippen LogP) is -0.216. The first kappa shape index (κ1) is 18.3. The molecule has 1 amide bonds. The lowest BCUT2D eigenvalue weighted by Gasteiger charge is -2.30. The molecule has 2 aliphatic rings. The minimum absolute atomic E-state index is 0.0440. The fourth-order valence-corrected chi connectivity index (χ4v) is 4.89. The molecule has 2 fully saturated rings. The van der Waals surface area contributed by atoms with E-state index in [0.717, 1.165) is 0 Å². The van der Waals surface area contributed by atoms with Crippen LogP contribution in [-0.2, 0) is 14.8 Å². The van der Waals surface area contributed by atoms with Crippen LogP contribution in [0.5, 0.6) is 0 Å². The summed E-state index contributed by atoms with van der Waals surface area (Å²) in [7, 11) is -3.48. The Labute approximate surface area is 148 Å². The van der Waals surface area contributed by atoms with Crippen LogP contribution in [0.25, 0.3) is 0 Å². The Hall–Kier alpha value is -1.48. The lowest BCUT2D eigenvalue weighted by atomic mass is 9.97.